The molecular weight excluding hydrogens is 438 g/mol. The van der Waals surface area contributed by atoms with Gasteiger partial charge in [-0.1, -0.05) is 6.07 Å². The summed E-state index contributed by atoms with van der Waals surface area (Å²) in [4.78, 5) is 21.9. The molecule has 11 nitrogen and oxygen atoms in total. The average molecular weight is 470 g/mol. The number of hydrogen-bond acceptors (Lipinski definition) is 9. The zero-order valence-corrected chi connectivity index (χ0v) is 19.5. The molecule has 2 aromatic heterocycles. The highest BCUT2D eigenvalue weighted by Crippen LogP contribution is 2.48. The maximum Gasteiger partial charge on any atom is 0.233 e. The Labute approximate surface area is 198 Å². The van der Waals surface area contributed by atoms with Gasteiger partial charge in [-0.05, 0) is 68.1 Å². The number of nitrogens with zero attached hydrogens (tertiary/aromatic N) is 7. The molecule has 2 fully saturated rings. The lowest BCUT2D eigenvalue weighted by Gasteiger charge is -2.42. The fourth-order valence-electron chi connectivity index (χ4n) is 5.65. The lowest BCUT2D eigenvalue weighted by Crippen LogP contribution is -2.44. The van der Waals surface area contributed by atoms with Crippen LogP contribution in [0.1, 0.15) is 50.6 Å². The molecule has 0 radical (unpaired) electrons. The van der Waals surface area contributed by atoms with Crippen LogP contribution in [0.3, 0.4) is 0 Å². The Balaban J connectivity index is 1.24. The Hall–Kier alpha value is -2.73. The van der Waals surface area contributed by atoms with Crippen LogP contribution >= 0.6 is 0 Å². The summed E-state index contributed by atoms with van der Waals surface area (Å²) in [7, 11) is 2.03. The molecule has 1 unspecified atom stereocenters. The van der Waals surface area contributed by atoms with E-state index in [1.54, 1.807) is 6.20 Å². The zero-order valence-electron chi connectivity index (χ0n) is 19.5. The Morgan fingerprint density at radius 2 is 2.09 bits per heavy atom. The number of tetrazole rings is 1. The lowest BCUT2D eigenvalue weighted by atomic mass is 9.71. The number of aliphatic hydroxyl groups is 2. The van der Waals surface area contributed by atoms with Crippen LogP contribution in [0.5, 0.6) is 0 Å². The first-order chi connectivity index (χ1) is 16.4. The number of ether oxygens (including phenoxy) is 1. The highest BCUT2D eigenvalue weighted by Gasteiger charge is 2.50. The van der Waals surface area contributed by atoms with Crippen molar-refractivity contribution in [3.05, 3.63) is 41.5 Å². The fraction of sp³-hybridized carbons (Fsp3) is 0.609. The van der Waals surface area contributed by atoms with Gasteiger partial charge in [0.1, 0.15) is 6.33 Å². The van der Waals surface area contributed by atoms with E-state index in [-0.39, 0.29) is 30.0 Å². The van der Waals surface area contributed by atoms with E-state index >= 15 is 0 Å². The fourth-order valence-corrected chi connectivity index (χ4v) is 5.65. The van der Waals surface area contributed by atoms with Gasteiger partial charge < -0.3 is 19.8 Å². The second-order valence-electron chi connectivity index (χ2n) is 9.58. The van der Waals surface area contributed by atoms with E-state index in [0.717, 1.165) is 48.9 Å². The molecular formula is C23H31N7O4. The van der Waals surface area contributed by atoms with Crippen molar-refractivity contribution in [3.63, 3.8) is 0 Å². The van der Waals surface area contributed by atoms with Crippen molar-refractivity contribution < 1.29 is 19.7 Å². The molecule has 1 saturated carbocycles. The van der Waals surface area contributed by atoms with Crippen molar-refractivity contribution in [2.75, 3.05) is 26.8 Å². The van der Waals surface area contributed by atoms with Gasteiger partial charge in [0, 0.05) is 24.4 Å². The minimum atomic E-state index is -0.907. The molecule has 1 amide bonds. The van der Waals surface area contributed by atoms with Crippen molar-refractivity contribution >= 4 is 5.91 Å². The minimum absolute atomic E-state index is 0.0213. The normalized spacial score (nSPS) is 28.5. The molecule has 0 aromatic carbocycles. The number of likely N-dealkylation sites (N-methyl/N-ethyl adjacent to an activating group) is 1. The number of hydrogen-bond donors (Lipinski definition) is 2. The van der Waals surface area contributed by atoms with Gasteiger partial charge in [-0.25, -0.2) is 4.98 Å². The first-order valence-corrected chi connectivity index (χ1v) is 11.8. The highest BCUT2D eigenvalue weighted by atomic mass is 16.6. The van der Waals surface area contributed by atoms with Crippen LogP contribution in [0.2, 0.25) is 0 Å². The monoisotopic (exact) mass is 469 g/mol. The van der Waals surface area contributed by atoms with E-state index < -0.39 is 6.29 Å². The number of aliphatic hydroxyl groups excluding tert-OH is 2. The smallest absolute Gasteiger partial charge is 0.233 e. The van der Waals surface area contributed by atoms with Gasteiger partial charge in [0.15, 0.2) is 12.1 Å². The van der Waals surface area contributed by atoms with E-state index in [2.05, 4.69) is 25.4 Å². The predicted molar refractivity (Wildman–Crippen MR) is 120 cm³/mol. The van der Waals surface area contributed by atoms with E-state index in [9.17, 15) is 15.0 Å². The summed E-state index contributed by atoms with van der Waals surface area (Å²) in [5.74, 6) is 0.782. The van der Waals surface area contributed by atoms with Crippen LogP contribution in [0.25, 0.3) is 5.82 Å². The summed E-state index contributed by atoms with van der Waals surface area (Å²) >= 11 is 0. The van der Waals surface area contributed by atoms with E-state index in [1.807, 2.05) is 31.0 Å². The number of pyridine rings is 1. The largest absolute Gasteiger partial charge is 0.394 e. The van der Waals surface area contributed by atoms with E-state index in [4.69, 9.17) is 4.74 Å². The van der Waals surface area contributed by atoms with Crippen LogP contribution in [0.4, 0.5) is 0 Å². The summed E-state index contributed by atoms with van der Waals surface area (Å²) < 4.78 is 6.80. The van der Waals surface area contributed by atoms with Gasteiger partial charge >= 0.3 is 0 Å². The Kier molecular flexibility index (Phi) is 6.19. The topological polar surface area (TPSA) is 130 Å². The second kappa shape index (κ2) is 9.14. The van der Waals surface area contributed by atoms with Gasteiger partial charge in [0.05, 0.1) is 30.4 Å². The number of likely N-dealkylation sites (tertiary alicyclic amines) is 1. The molecule has 34 heavy (non-hydrogen) atoms. The lowest BCUT2D eigenvalue weighted by molar-refractivity contribution is -0.137. The highest BCUT2D eigenvalue weighted by molar-refractivity contribution is 5.86. The van der Waals surface area contributed by atoms with Crippen molar-refractivity contribution in [2.24, 2.45) is 5.41 Å². The van der Waals surface area contributed by atoms with Gasteiger partial charge in [0.2, 0.25) is 5.91 Å². The maximum absolute atomic E-state index is 13.4. The number of rotatable bonds is 6. The molecule has 2 aliphatic heterocycles. The summed E-state index contributed by atoms with van der Waals surface area (Å²) in [6, 6.07) is 3.86. The van der Waals surface area contributed by atoms with Crippen molar-refractivity contribution in [2.45, 2.75) is 57.4 Å². The van der Waals surface area contributed by atoms with E-state index in [1.165, 1.54) is 11.0 Å². The molecule has 11 heteroatoms. The first-order valence-electron chi connectivity index (χ1n) is 11.8. The molecule has 5 rings (SSSR count). The summed E-state index contributed by atoms with van der Waals surface area (Å²) in [6.07, 6.45) is 6.59. The standard InChI is InChI=1S/C23H31N7O4/c1-15-19(13-34-21(15)32)29-10-9-23(22(29)33)7-5-17(6-8-23)28(2)18(12-31)16-3-4-20(24-11-16)30-14-25-26-27-30/h3-4,11,14,17-18,21,31-32H,5-10,12-13H2,1-2H3/t17-,18-,21?,23+/m1/s1. The molecule has 2 N–H and O–H groups in total. The quantitative estimate of drug-likeness (QED) is 0.631. The summed E-state index contributed by atoms with van der Waals surface area (Å²) in [6.45, 7) is 2.78. The molecule has 1 aliphatic carbocycles. The van der Waals surface area contributed by atoms with Crippen LogP contribution < -0.4 is 0 Å². The molecule has 4 heterocycles. The third-order valence-electron chi connectivity index (χ3n) is 7.93. The SMILES string of the molecule is CC1=C(N2CC[C@]3(CC[C@H](N(C)[C@H](CO)c4ccc(-n5cnnn5)nc4)CC3)C2=O)COC1O. The summed E-state index contributed by atoms with van der Waals surface area (Å²) in [5, 5.41) is 31.2. The number of amides is 1. The van der Waals surface area contributed by atoms with Crippen LogP contribution in [0.15, 0.2) is 35.9 Å². The first kappa shape index (κ1) is 23.0. The Morgan fingerprint density at radius 1 is 1.29 bits per heavy atom. The maximum atomic E-state index is 13.4. The molecule has 2 atom stereocenters. The van der Waals surface area contributed by atoms with Gasteiger partial charge in [-0.3, -0.25) is 9.69 Å². The van der Waals surface area contributed by atoms with Crippen LogP contribution in [-0.2, 0) is 9.53 Å². The second-order valence-corrected chi connectivity index (χ2v) is 9.58. The molecule has 2 aromatic rings. The van der Waals surface area contributed by atoms with Crippen LogP contribution in [-0.4, -0.2) is 90.2 Å². The van der Waals surface area contributed by atoms with Gasteiger partial charge in [-0.2, -0.15) is 4.68 Å². The van der Waals surface area contributed by atoms with Crippen molar-refractivity contribution in [3.8, 4) is 5.82 Å². The molecule has 0 bridgehead atoms. The third-order valence-corrected chi connectivity index (χ3v) is 7.93. The Bertz CT molecular complexity index is 1050. The minimum Gasteiger partial charge on any atom is -0.394 e. The van der Waals surface area contributed by atoms with E-state index in [0.29, 0.717) is 19.0 Å². The number of carbonyl (C=O) groups is 1. The van der Waals surface area contributed by atoms with Crippen molar-refractivity contribution in [1.82, 2.24) is 35.0 Å². The molecule has 3 aliphatic rings. The van der Waals surface area contributed by atoms with Gasteiger partial charge in [0.25, 0.3) is 0 Å². The molecule has 182 valence electrons. The van der Waals surface area contributed by atoms with Gasteiger partial charge in [-0.15, -0.1) is 5.10 Å². The zero-order chi connectivity index (χ0) is 23.9. The third kappa shape index (κ3) is 3.92. The molecule has 1 spiro atoms. The number of aromatic nitrogens is 5. The number of carbonyl (C=O) groups excluding carboxylic acids is 1. The average Bonchev–Trinajstić information content (AvgIpc) is 3.58. The van der Waals surface area contributed by atoms with Crippen LogP contribution in [0, 0.1) is 5.41 Å². The molecule has 1 saturated heterocycles. The predicted octanol–water partition coefficient (Wildman–Crippen LogP) is 0.806. The van der Waals surface area contributed by atoms with Crippen molar-refractivity contribution in [1.29, 1.82) is 0 Å². The Morgan fingerprint density at radius 3 is 2.68 bits per heavy atom. The summed E-state index contributed by atoms with van der Waals surface area (Å²) in [5.41, 5.74) is 2.16.